The summed E-state index contributed by atoms with van der Waals surface area (Å²) in [6.07, 6.45) is -0.979. The van der Waals surface area contributed by atoms with Gasteiger partial charge in [-0.15, -0.1) is 0 Å². The van der Waals surface area contributed by atoms with E-state index in [-0.39, 0.29) is 12.3 Å². The molecule has 0 aliphatic rings. The van der Waals surface area contributed by atoms with Gasteiger partial charge in [0.25, 0.3) is 0 Å². The van der Waals surface area contributed by atoms with Crippen molar-refractivity contribution in [1.29, 1.82) is 0 Å². The third-order valence-corrected chi connectivity index (χ3v) is 2.40. The van der Waals surface area contributed by atoms with Crippen molar-refractivity contribution in [2.45, 2.75) is 31.2 Å². The van der Waals surface area contributed by atoms with Crippen LogP contribution in [0.25, 0.3) is 0 Å². The summed E-state index contributed by atoms with van der Waals surface area (Å²) in [5, 5.41) is 48.1. The van der Waals surface area contributed by atoms with Gasteiger partial charge in [-0.2, -0.15) is 12.6 Å². The van der Waals surface area contributed by atoms with E-state index in [0.717, 1.165) is 0 Å². The van der Waals surface area contributed by atoms with Gasteiger partial charge >= 0.3 is 23.9 Å². The molecule has 0 aliphatic heterocycles. The molecule has 0 amide bonds. The minimum absolute atomic E-state index is 0.190. The minimum atomic E-state index is -1.18. The van der Waals surface area contributed by atoms with Crippen LogP contribution in [-0.4, -0.2) is 97.7 Å². The van der Waals surface area contributed by atoms with Crippen molar-refractivity contribution in [2.24, 2.45) is 22.9 Å². The average Bonchev–Trinajstić information content (AvgIpc) is 2.60. The van der Waals surface area contributed by atoms with E-state index in [1.165, 1.54) is 6.92 Å². The van der Waals surface area contributed by atoms with E-state index < -0.39 is 54.7 Å². The maximum absolute atomic E-state index is 9.86. The molecule has 0 saturated carbocycles. The highest BCUT2D eigenvalue weighted by molar-refractivity contribution is 7.80. The molecule has 15 heteroatoms. The Morgan fingerprint density at radius 1 is 0.889 bits per heavy atom. The predicted molar refractivity (Wildman–Crippen MR) is 96.1 cm³/mol. The minimum Gasteiger partial charge on any atom is -0.480 e. The Hall–Kier alpha value is -2.01. The molecule has 0 aromatic rings. The Morgan fingerprint density at radius 2 is 1.22 bits per heavy atom. The van der Waals surface area contributed by atoms with Gasteiger partial charge in [0, 0.05) is 5.75 Å². The molecule has 27 heavy (non-hydrogen) atoms. The number of thiol groups is 1. The zero-order valence-electron chi connectivity index (χ0n) is 14.5. The molecule has 0 saturated heterocycles. The molecule has 0 aromatic heterocycles. The first kappa shape index (κ1) is 32.6. The van der Waals surface area contributed by atoms with Crippen molar-refractivity contribution < 1.29 is 49.8 Å². The van der Waals surface area contributed by atoms with E-state index in [2.05, 4.69) is 18.4 Å². The molecular formula is C12H28N4O10S. The molecule has 0 heterocycles. The number of aliphatic hydroxyl groups excluding tert-OH is 2. The lowest BCUT2D eigenvalue weighted by Gasteiger charge is -2.06. The third kappa shape index (κ3) is 29.0. The molecule has 0 aliphatic carbocycles. The quantitative estimate of drug-likeness (QED) is 0.173. The van der Waals surface area contributed by atoms with Gasteiger partial charge in [-0.25, -0.2) is 0 Å². The van der Waals surface area contributed by atoms with E-state index in [9.17, 15) is 19.2 Å². The van der Waals surface area contributed by atoms with Gasteiger partial charge < -0.3 is 53.6 Å². The number of aliphatic carboxylic acids is 4. The van der Waals surface area contributed by atoms with Crippen LogP contribution in [0.1, 0.15) is 6.92 Å². The van der Waals surface area contributed by atoms with Crippen molar-refractivity contribution >= 4 is 36.5 Å². The van der Waals surface area contributed by atoms with E-state index in [1.807, 2.05) is 0 Å². The van der Waals surface area contributed by atoms with Gasteiger partial charge in [0.05, 0.1) is 19.3 Å². The number of carboxylic acids is 4. The molecule has 0 radical (unpaired) electrons. The Labute approximate surface area is 160 Å². The Bertz CT molecular complexity index is 418. The lowest BCUT2D eigenvalue weighted by molar-refractivity contribution is -0.141. The topological polar surface area (TPSA) is 294 Å². The molecule has 0 fully saturated rings. The van der Waals surface area contributed by atoms with Crippen molar-refractivity contribution in [1.82, 2.24) is 0 Å². The van der Waals surface area contributed by atoms with Crippen molar-refractivity contribution in [3.63, 3.8) is 0 Å². The molecule has 0 aromatic carbocycles. The lowest BCUT2D eigenvalue weighted by atomic mass is 10.2. The standard InChI is InChI=1S/C4H9NO3.C3H7NO3.C3H7NO2S.C2H5NO2/c1-2(6)3(5)4(7)8;4-2(1-5)3(6)7;4-2(1-7)3(5)6;3-1-2(4)5/h2-3,6H,5H2,1H3,(H,7,8);2,5H,1,4H2,(H,6,7);2,7H,1,4H2,(H,5,6);1,3H2,(H,4,5)/t2-,3+;2*2-;/m100./s1. The van der Waals surface area contributed by atoms with Gasteiger partial charge in [-0.1, -0.05) is 0 Å². The summed E-state index contributed by atoms with van der Waals surface area (Å²) in [4.78, 5) is 38.5. The second-order valence-corrected chi connectivity index (χ2v) is 4.82. The summed E-state index contributed by atoms with van der Waals surface area (Å²) in [6.45, 7) is 0.550. The van der Waals surface area contributed by atoms with E-state index in [4.69, 9.17) is 47.8 Å². The molecule has 162 valence electrons. The molecule has 0 unspecified atom stereocenters. The molecular weight excluding hydrogens is 392 g/mol. The van der Waals surface area contributed by atoms with Crippen molar-refractivity contribution in [3.05, 3.63) is 0 Å². The van der Waals surface area contributed by atoms with Crippen molar-refractivity contribution in [3.8, 4) is 0 Å². The number of hydrogen-bond donors (Lipinski definition) is 11. The predicted octanol–water partition coefficient (Wildman–Crippen LogP) is -4.47. The summed E-state index contributed by atoms with van der Waals surface area (Å²) in [6, 6.07) is -3.10. The summed E-state index contributed by atoms with van der Waals surface area (Å²) < 4.78 is 0. The van der Waals surface area contributed by atoms with Gasteiger partial charge in [-0.05, 0) is 6.92 Å². The molecule has 0 bridgehead atoms. The van der Waals surface area contributed by atoms with Crippen LogP contribution in [0.4, 0.5) is 0 Å². The maximum atomic E-state index is 9.86. The van der Waals surface area contributed by atoms with Gasteiger partial charge in [0.15, 0.2) is 0 Å². The highest BCUT2D eigenvalue weighted by Gasteiger charge is 2.16. The SMILES string of the molecule is C[C@@H](O)[C@H](N)C(=O)O.NCC(=O)O.N[C@@H](CO)C(=O)O.N[C@@H](CS)C(=O)O. The smallest absolute Gasteiger partial charge is 0.323 e. The second kappa shape index (κ2) is 20.3. The second-order valence-electron chi connectivity index (χ2n) is 4.46. The van der Waals surface area contributed by atoms with Crippen LogP contribution in [0.2, 0.25) is 0 Å². The Balaban J connectivity index is -0.000000132. The first-order valence-electron chi connectivity index (χ1n) is 6.96. The van der Waals surface area contributed by atoms with Crippen LogP contribution in [0.15, 0.2) is 0 Å². The molecule has 14 N–H and O–H groups in total. The van der Waals surface area contributed by atoms with Crippen LogP contribution >= 0.6 is 12.6 Å². The lowest BCUT2D eigenvalue weighted by Crippen LogP contribution is -2.39. The van der Waals surface area contributed by atoms with Crippen LogP contribution in [0, 0.1) is 0 Å². The number of carbonyl (C=O) groups is 4. The Morgan fingerprint density at radius 3 is 1.22 bits per heavy atom. The fraction of sp³-hybridized carbons (Fsp3) is 0.667. The zero-order valence-corrected chi connectivity index (χ0v) is 15.4. The fourth-order valence-electron chi connectivity index (χ4n) is 0.363. The number of carboxylic acid groups (broad SMARTS) is 4. The van der Waals surface area contributed by atoms with E-state index in [0.29, 0.717) is 0 Å². The van der Waals surface area contributed by atoms with Crippen LogP contribution in [0.3, 0.4) is 0 Å². The highest BCUT2D eigenvalue weighted by Crippen LogP contribution is 1.85. The highest BCUT2D eigenvalue weighted by atomic mass is 32.1. The third-order valence-electron chi connectivity index (χ3n) is 2.01. The van der Waals surface area contributed by atoms with Crippen LogP contribution < -0.4 is 22.9 Å². The summed E-state index contributed by atoms with van der Waals surface area (Å²) >= 11 is 3.65. The number of aliphatic hydroxyl groups is 2. The summed E-state index contributed by atoms with van der Waals surface area (Å²) in [5.41, 5.74) is 19.2. The number of nitrogens with two attached hydrogens (primary N) is 4. The average molecular weight is 420 g/mol. The Kier molecular flexibility index (Phi) is 24.5. The molecule has 0 rings (SSSR count). The van der Waals surface area contributed by atoms with Gasteiger partial charge in [0.2, 0.25) is 0 Å². The number of hydrogen-bond acceptors (Lipinski definition) is 11. The van der Waals surface area contributed by atoms with E-state index >= 15 is 0 Å². The fourth-order valence-corrected chi connectivity index (χ4v) is 0.519. The first-order valence-corrected chi connectivity index (χ1v) is 7.59. The largest absolute Gasteiger partial charge is 0.480 e. The summed E-state index contributed by atoms with van der Waals surface area (Å²) in [7, 11) is 0. The molecule has 0 spiro atoms. The molecule has 14 nitrogen and oxygen atoms in total. The molecule has 4 atom stereocenters. The number of rotatable bonds is 7. The zero-order chi connectivity index (χ0) is 22.7. The van der Waals surface area contributed by atoms with E-state index in [1.54, 1.807) is 0 Å². The van der Waals surface area contributed by atoms with Crippen molar-refractivity contribution in [2.75, 3.05) is 18.9 Å². The van der Waals surface area contributed by atoms with Gasteiger partial charge in [0.1, 0.15) is 18.1 Å². The summed E-state index contributed by atoms with van der Waals surface area (Å²) in [5.74, 6) is -4.14. The maximum Gasteiger partial charge on any atom is 0.323 e. The first-order chi connectivity index (χ1) is 12.2. The van der Waals surface area contributed by atoms with Gasteiger partial charge in [-0.3, -0.25) is 19.2 Å². The van der Waals surface area contributed by atoms with Crippen LogP contribution in [0.5, 0.6) is 0 Å². The monoisotopic (exact) mass is 420 g/mol. The normalized spacial score (nSPS) is 13.5. The van der Waals surface area contributed by atoms with Crippen LogP contribution in [-0.2, 0) is 19.2 Å².